The molecule has 61 heavy (non-hydrogen) atoms. The van der Waals surface area contributed by atoms with Gasteiger partial charge in [-0.15, -0.1) is 0 Å². The van der Waals surface area contributed by atoms with E-state index in [2.05, 4.69) is 24.1 Å². The van der Waals surface area contributed by atoms with Crippen LogP contribution in [0, 0.1) is 5.92 Å². The van der Waals surface area contributed by atoms with E-state index in [4.69, 9.17) is 9.47 Å². The number of unbranched alkanes of at least 4 members (excludes halogenated alkanes) is 31. The summed E-state index contributed by atoms with van der Waals surface area (Å²) >= 11 is 0. The van der Waals surface area contributed by atoms with E-state index in [-0.39, 0.29) is 24.0 Å². The largest absolute Gasteiger partial charge is 0.466 e. The van der Waals surface area contributed by atoms with Gasteiger partial charge in [-0.05, 0) is 83.2 Å². The lowest BCUT2D eigenvalue weighted by Gasteiger charge is -2.24. The molecule has 0 saturated carbocycles. The molecule has 0 aromatic carbocycles. The number of aliphatic hydroxyl groups is 1. The van der Waals surface area contributed by atoms with E-state index in [0.717, 1.165) is 90.3 Å². The number of ether oxygens (including phenoxy) is 2. The average Bonchev–Trinajstić information content (AvgIpc) is 3.79. The molecule has 0 aliphatic carbocycles. The van der Waals surface area contributed by atoms with Crippen LogP contribution in [0.2, 0.25) is 0 Å². The van der Waals surface area contributed by atoms with Crippen LogP contribution in [0.3, 0.4) is 0 Å². The molecule has 1 fully saturated rings. The summed E-state index contributed by atoms with van der Waals surface area (Å²) in [5.74, 6) is 0.0957. The van der Waals surface area contributed by atoms with Gasteiger partial charge in [-0.1, -0.05) is 200 Å². The maximum absolute atomic E-state index is 12.3. The maximum atomic E-state index is 12.3. The van der Waals surface area contributed by atoms with Gasteiger partial charge in [-0.2, -0.15) is 0 Å². The molecule has 7 heteroatoms. The van der Waals surface area contributed by atoms with Crippen LogP contribution < -0.4 is 5.32 Å². The number of rotatable bonds is 49. The summed E-state index contributed by atoms with van der Waals surface area (Å²) in [6.45, 7) is 10.8. The van der Waals surface area contributed by atoms with Gasteiger partial charge in [0.15, 0.2) is 0 Å². The first-order valence-electron chi connectivity index (χ1n) is 27.5. The number of hydrogen-bond acceptors (Lipinski definition) is 7. The van der Waals surface area contributed by atoms with Crippen molar-refractivity contribution in [3.8, 4) is 0 Å². The van der Waals surface area contributed by atoms with Gasteiger partial charge < -0.3 is 24.8 Å². The topological polar surface area (TPSA) is 88.1 Å². The van der Waals surface area contributed by atoms with E-state index in [1.165, 1.54) is 193 Å². The summed E-state index contributed by atoms with van der Waals surface area (Å²) in [6, 6.07) is 0. The molecule has 7 nitrogen and oxygen atoms in total. The first-order valence-corrected chi connectivity index (χ1v) is 27.5. The number of esters is 2. The molecule has 2 N–H and O–H groups in total. The highest BCUT2D eigenvalue weighted by atomic mass is 16.5. The van der Waals surface area contributed by atoms with Crippen molar-refractivity contribution in [2.75, 3.05) is 45.9 Å². The zero-order chi connectivity index (χ0) is 43.9. The van der Waals surface area contributed by atoms with Crippen LogP contribution in [-0.4, -0.2) is 74.0 Å². The van der Waals surface area contributed by atoms with E-state index in [9.17, 15) is 14.7 Å². The minimum atomic E-state index is -0.348. The predicted molar refractivity (Wildman–Crippen MR) is 261 cm³/mol. The van der Waals surface area contributed by atoms with Crippen molar-refractivity contribution in [1.82, 2.24) is 10.2 Å². The lowest BCUT2D eigenvalue weighted by molar-refractivity contribution is -0.144. The molecular formula is C54H106N2O5. The van der Waals surface area contributed by atoms with E-state index in [0.29, 0.717) is 26.1 Å². The third-order valence-corrected chi connectivity index (χ3v) is 13.4. The average molecular weight is 863 g/mol. The zero-order valence-corrected chi connectivity index (χ0v) is 41.1. The van der Waals surface area contributed by atoms with Crippen LogP contribution in [0.4, 0.5) is 0 Å². The summed E-state index contributed by atoms with van der Waals surface area (Å²) in [4.78, 5) is 27.1. The highest BCUT2D eigenvalue weighted by molar-refractivity contribution is 5.69. The summed E-state index contributed by atoms with van der Waals surface area (Å²) in [6.07, 6.45) is 49.5. The van der Waals surface area contributed by atoms with E-state index < -0.39 is 0 Å². The molecule has 0 radical (unpaired) electrons. The number of nitrogens with zero attached hydrogens (tertiary/aromatic N) is 1. The Morgan fingerprint density at radius 2 is 0.820 bits per heavy atom. The molecule has 1 aliphatic heterocycles. The predicted octanol–water partition coefficient (Wildman–Crippen LogP) is 15.0. The van der Waals surface area contributed by atoms with Gasteiger partial charge >= 0.3 is 11.9 Å². The van der Waals surface area contributed by atoms with E-state index in [1.807, 2.05) is 0 Å². The van der Waals surface area contributed by atoms with Gasteiger partial charge in [0.2, 0.25) is 0 Å². The van der Waals surface area contributed by atoms with Crippen molar-refractivity contribution in [3.05, 3.63) is 0 Å². The van der Waals surface area contributed by atoms with Gasteiger partial charge in [0, 0.05) is 32.5 Å². The molecule has 0 bridgehead atoms. The molecule has 0 aromatic rings. The fourth-order valence-corrected chi connectivity index (χ4v) is 9.14. The standard InChI is InChI=1S/C54H106N2O5/c1-3-5-7-9-11-13-15-17-19-21-23-25-27-29-33-42-53(58)60-48-38-31-32-41-52(57)51(50-55-44-47-56-45-36-37-46-56)40-35-39-49-61-54(59)43-34-30-28-26-24-22-20-18-16-14-12-10-8-6-4-2/h51-52,55,57H,3-50H2,1-2H3. The Morgan fingerprint density at radius 1 is 0.475 bits per heavy atom. The Bertz CT molecular complexity index is 912. The van der Waals surface area contributed by atoms with Crippen LogP contribution in [0.25, 0.3) is 0 Å². The summed E-state index contributed by atoms with van der Waals surface area (Å²) in [7, 11) is 0. The lowest BCUT2D eigenvalue weighted by Crippen LogP contribution is -2.36. The molecule has 1 saturated heterocycles. The minimum Gasteiger partial charge on any atom is -0.466 e. The number of hydrogen-bond donors (Lipinski definition) is 2. The number of carbonyl (C=O) groups is 2. The first kappa shape index (κ1) is 57.8. The molecule has 0 spiro atoms. The smallest absolute Gasteiger partial charge is 0.305 e. The monoisotopic (exact) mass is 863 g/mol. The highest BCUT2D eigenvalue weighted by Crippen LogP contribution is 2.20. The Balaban J connectivity index is 2.07. The third-order valence-electron chi connectivity index (χ3n) is 13.4. The van der Waals surface area contributed by atoms with Crippen molar-refractivity contribution in [1.29, 1.82) is 0 Å². The van der Waals surface area contributed by atoms with Gasteiger partial charge in [0.05, 0.1) is 19.3 Å². The van der Waals surface area contributed by atoms with Crippen molar-refractivity contribution in [2.24, 2.45) is 5.92 Å². The van der Waals surface area contributed by atoms with Crippen LogP contribution in [-0.2, 0) is 19.1 Å². The molecule has 0 aromatic heterocycles. The lowest BCUT2D eigenvalue weighted by atomic mass is 9.92. The fraction of sp³-hybridized carbons (Fsp3) is 0.963. The van der Waals surface area contributed by atoms with Crippen LogP contribution in [0.1, 0.15) is 277 Å². The van der Waals surface area contributed by atoms with Gasteiger partial charge in [0.1, 0.15) is 0 Å². The molecule has 2 unspecified atom stereocenters. The number of likely N-dealkylation sites (tertiary alicyclic amines) is 1. The SMILES string of the molecule is CCCCCCCCCCCCCCCCCC(=O)OCCCCCC(O)C(CCCCOC(=O)CCCCCCCCCCCCCCCCC)CNCCN1CCCC1. The Morgan fingerprint density at radius 3 is 1.23 bits per heavy atom. The summed E-state index contributed by atoms with van der Waals surface area (Å²) in [5, 5.41) is 14.9. The van der Waals surface area contributed by atoms with Crippen molar-refractivity contribution >= 4 is 11.9 Å². The molecule has 1 heterocycles. The number of carbonyl (C=O) groups excluding carboxylic acids is 2. The van der Waals surface area contributed by atoms with Crippen LogP contribution in [0.5, 0.6) is 0 Å². The molecular weight excluding hydrogens is 757 g/mol. The minimum absolute atomic E-state index is 0.0504. The maximum Gasteiger partial charge on any atom is 0.305 e. The summed E-state index contributed by atoms with van der Waals surface area (Å²) in [5.41, 5.74) is 0. The second-order valence-corrected chi connectivity index (χ2v) is 19.3. The third kappa shape index (κ3) is 41.3. The summed E-state index contributed by atoms with van der Waals surface area (Å²) < 4.78 is 11.1. The molecule has 362 valence electrons. The van der Waals surface area contributed by atoms with Crippen molar-refractivity contribution in [3.63, 3.8) is 0 Å². The van der Waals surface area contributed by atoms with Crippen LogP contribution >= 0.6 is 0 Å². The Kier molecular flexibility index (Phi) is 44.4. The van der Waals surface area contributed by atoms with E-state index >= 15 is 0 Å². The molecule has 1 aliphatic rings. The molecule has 1 rings (SSSR count). The molecule has 2 atom stereocenters. The zero-order valence-electron chi connectivity index (χ0n) is 41.1. The quantitative estimate of drug-likeness (QED) is 0.0465. The fourth-order valence-electron chi connectivity index (χ4n) is 9.14. The van der Waals surface area contributed by atoms with Crippen molar-refractivity contribution in [2.45, 2.75) is 283 Å². The second kappa shape index (κ2) is 46.8. The number of nitrogens with one attached hydrogen (secondary N) is 1. The Hall–Kier alpha value is -1.18. The molecule has 0 amide bonds. The van der Waals surface area contributed by atoms with Crippen molar-refractivity contribution < 1.29 is 24.2 Å². The number of aliphatic hydroxyl groups excluding tert-OH is 1. The normalized spacial score (nSPS) is 14.1. The van der Waals surface area contributed by atoms with Gasteiger partial charge in [-0.3, -0.25) is 9.59 Å². The first-order chi connectivity index (χ1) is 30.1. The van der Waals surface area contributed by atoms with E-state index in [1.54, 1.807) is 0 Å². The second-order valence-electron chi connectivity index (χ2n) is 19.3. The van der Waals surface area contributed by atoms with Gasteiger partial charge in [-0.25, -0.2) is 0 Å². The van der Waals surface area contributed by atoms with Gasteiger partial charge in [0.25, 0.3) is 0 Å². The van der Waals surface area contributed by atoms with Crippen LogP contribution in [0.15, 0.2) is 0 Å². The highest BCUT2D eigenvalue weighted by Gasteiger charge is 2.19. The Labute approximate surface area is 380 Å².